The highest BCUT2D eigenvalue weighted by atomic mass is 16.6. The largest absolute Gasteiger partial charge is 0.481 e. The maximum atomic E-state index is 12.7. The number of ether oxygens (including phenoxy) is 2. The Kier molecular flexibility index (Phi) is 10.4. The van der Waals surface area contributed by atoms with Crippen LogP contribution in [0, 0.1) is 17.8 Å². The summed E-state index contributed by atoms with van der Waals surface area (Å²) in [4.78, 5) is 36.3. The number of alkyl carbamates (subject to hydrolysis) is 1. The van der Waals surface area contributed by atoms with Gasteiger partial charge in [-0.05, 0) is 51.5 Å². The highest BCUT2D eigenvalue weighted by molar-refractivity contribution is 5.81. The van der Waals surface area contributed by atoms with Crippen LogP contribution in [0.1, 0.15) is 59.4 Å². The monoisotopic (exact) mass is 421 g/mol. The molecule has 7 heteroatoms. The molecule has 0 aromatic heterocycles. The van der Waals surface area contributed by atoms with Gasteiger partial charge in [-0.15, -0.1) is 0 Å². The van der Waals surface area contributed by atoms with Crippen LogP contribution in [0.15, 0.2) is 30.3 Å². The fraction of sp³-hybridized carbons (Fsp3) is 0.609. The Bertz CT molecular complexity index is 681. The smallest absolute Gasteiger partial charge is 0.407 e. The first-order valence-corrected chi connectivity index (χ1v) is 10.4. The summed E-state index contributed by atoms with van der Waals surface area (Å²) in [5.74, 6) is -2.99. The van der Waals surface area contributed by atoms with Crippen LogP contribution in [-0.4, -0.2) is 35.3 Å². The van der Waals surface area contributed by atoms with Gasteiger partial charge in [0, 0.05) is 6.54 Å². The summed E-state index contributed by atoms with van der Waals surface area (Å²) in [6.07, 6.45) is 0.569. The summed E-state index contributed by atoms with van der Waals surface area (Å²) in [5.41, 5.74) is 0.186. The Balaban J connectivity index is 2.60. The SMILES string of the molecule is CC(C)C[C@@H](C(=O)O)[C@H](CCCNC(=O)OCc1ccccc1)C(=O)OC(C)(C)C. The van der Waals surface area contributed by atoms with Crippen LogP contribution >= 0.6 is 0 Å². The van der Waals surface area contributed by atoms with Gasteiger partial charge in [-0.3, -0.25) is 9.59 Å². The highest BCUT2D eigenvalue weighted by Gasteiger charge is 2.36. The molecule has 0 unspecified atom stereocenters. The van der Waals surface area contributed by atoms with Crippen molar-refractivity contribution in [2.75, 3.05) is 6.54 Å². The van der Waals surface area contributed by atoms with Crippen LogP contribution in [0.5, 0.6) is 0 Å². The second kappa shape index (κ2) is 12.2. The fourth-order valence-electron chi connectivity index (χ4n) is 3.09. The van der Waals surface area contributed by atoms with Crippen LogP contribution in [0.4, 0.5) is 4.79 Å². The highest BCUT2D eigenvalue weighted by Crippen LogP contribution is 2.28. The zero-order valence-corrected chi connectivity index (χ0v) is 18.6. The molecule has 1 aromatic carbocycles. The van der Waals surface area contributed by atoms with Crippen molar-refractivity contribution in [3.8, 4) is 0 Å². The van der Waals surface area contributed by atoms with Crippen LogP contribution in [-0.2, 0) is 25.7 Å². The lowest BCUT2D eigenvalue weighted by molar-refractivity contribution is -0.167. The first kappa shape index (κ1) is 25.5. The normalized spacial score (nSPS) is 13.4. The van der Waals surface area contributed by atoms with Gasteiger partial charge in [-0.2, -0.15) is 0 Å². The molecule has 0 spiro atoms. The minimum absolute atomic E-state index is 0.127. The first-order valence-electron chi connectivity index (χ1n) is 10.4. The summed E-state index contributed by atoms with van der Waals surface area (Å²) in [6, 6.07) is 9.33. The molecule has 0 heterocycles. The van der Waals surface area contributed by atoms with Crippen molar-refractivity contribution in [2.45, 2.75) is 66.1 Å². The van der Waals surface area contributed by atoms with Gasteiger partial charge in [0.2, 0.25) is 0 Å². The van der Waals surface area contributed by atoms with Gasteiger partial charge >= 0.3 is 18.0 Å². The molecule has 30 heavy (non-hydrogen) atoms. The maximum absolute atomic E-state index is 12.7. The molecule has 168 valence electrons. The molecule has 0 fully saturated rings. The zero-order valence-electron chi connectivity index (χ0n) is 18.6. The summed E-state index contributed by atoms with van der Waals surface area (Å²) in [6.45, 7) is 9.56. The minimum atomic E-state index is -1.00. The summed E-state index contributed by atoms with van der Waals surface area (Å²) in [5, 5.41) is 12.3. The van der Waals surface area contributed by atoms with E-state index >= 15 is 0 Å². The molecule has 1 aromatic rings. The van der Waals surface area contributed by atoms with Crippen molar-refractivity contribution in [2.24, 2.45) is 17.8 Å². The molecule has 2 N–H and O–H groups in total. The molecule has 2 atom stereocenters. The Labute approximate surface area is 179 Å². The number of benzene rings is 1. The van der Waals surface area contributed by atoms with E-state index in [0.29, 0.717) is 19.3 Å². The zero-order chi connectivity index (χ0) is 22.7. The average molecular weight is 422 g/mol. The molecular formula is C23H35NO6. The molecule has 1 amide bonds. The van der Waals surface area contributed by atoms with E-state index in [1.165, 1.54) is 0 Å². The van der Waals surface area contributed by atoms with Gasteiger partial charge in [0.05, 0.1) is 11.8 Å². The Morgan fingerprint density at radius 2 is 1.70 bits per heavy atom. The number of hydrogen-bond donors (Lipinski definition) is 2. The number of carboxylic acid groups (broad SMARTS) is 1. The quantitative estimate of drug-likeness (QED) is 0.406. The summed E-state index contributed by atoms with van der Waals surface area (Å²) < 4.78 is 10.6. The molecule has 0 aliphatic heterocycles. The van der Waals surface area contributed by atoms with E-state index in [-0.39, 0.29) is 19.1 Å². The third-order valence-electron chi connectivity index (χ3n) is 4.41. The van der Waals surface area contributed by atoms with Gasteiger partial charge in [0.15, 0.2) is 0 Å². The third kappa shape index (κ3) is 10.3. The predicted molar refractivity (Wildman–Crippen MR) is 114 cm³/mol. The minimum Gasteiger partial charge on any atom is -0.481 e. The lowest BCUT2D eigenvalue weighted by Gasteiger charge is -2.28. The van der Waals surface area contributed by atoms with Crippen molar-refractivity contribution >= 4 is 18.0 Å². The average Bonchev–Trinajstić information content (AvgIpc) is 2.64. The lowest BCUT2D eigenvalue weighted by atomic mass is 9.82. The topological polar surface area (TPSA) is 102 Å². The lowest BCUT2D eigenvalue weighted by Crippen LogP contribution is -2.37. The summed E-state index contributed by atoms with van der Waals surface area (Å²) in [7, 11) is 0. The number of amides is 1. The van der Waals surface area contributed by atoms with Crippen molar-refractivity contribution in [3.05, 3.63) is 35.9 Å². The number of aliphatic carboxylic acids is 1. The van der Waals surface area contributed by atoms with Crippen molar-refractivity contribution < 1.29 is 29.0 Å². The first-order chi connectivity index (χ1) is 14.0. The molecule has 0 radical (unpaired) electrons. The standard InChI is InChI=1S/C23H35NO6/c1-16(2)14-19(20(25)26)18(21(27)30-23(3,4)5)12-9-13-24-22(28)29-15-17-10-7-6-8-11-17/h6-8,10-11,16,18-19H,9,12-15H2,1-5H3,(H,24,28)(H,25,26)/t18-,19+/m0/s1. The Morgan fingerprint density at radius 1 is 1.07 bits per heavy atom. The Hall–Kier alpha value is -2.57. The van der Waals surface area contributed by atoms with E-state index in [9.17, 15) is 19.5 Å². The number of carbonyl (C=O) groups is 3. The van der Waals surface area contributed by atoms with E-state index in [2.05, 4.69) is 5.32 Å². The van der Waals surface area contributed by atoms with Crippen molar-refractivity contribution in [1.29, 1.82) is 0 Å². The second-order valence-corrected chi connectivity index (χ2v) is 8.84. The number of nitrogens with one attached hydrogen (secondary N) is 1. The van der Waals surface area contributed by atoms with Gasteiger partial charge in [0.25, 0.3) is 0 Å². The molecule has 0 saturated heterocycles. The molecular weight excluding hydrogens is 386 g/mol. The number of rotatable bonds is 11. The number of esters is 1. The van der Waals surface area contributed by atoms with E-state index in [4.69, 9.17) is 9.47 Å². The van der Waals surface area contributed by atoms with Crippen LogP contribution < -0.4 is 5.32 Å². The molecule has 0 bridgehead atoms. The fourth-order valence-corrected chi connectivity index (χ4v) is 3.09. The van der Waals surface area contributed by atoms with Crippen molar-refractivity contribution in [1.82, 2.24) is 5.32 Å². The van der Waals surface area contributed by atoms with E-state index in [0.717, 1.165) is 5.56 Å². The predicted octanol–water partition coefficient (Wildman–Crippen LogP) is 4.40. The van der Waals surface area contributed by atoms with Gasteiger partial charge in [-0.25, -0.2) is 4.79 Å². The number of hydrogen-bond acceptors (Lipinski definition) is 5. The van der Waals surface area contributed by atoms with E-state index in [1.54, 1.807) is 20.8 Å². The summed E-state index contributed by atoms with van der Waals surface area (Å²) >= 11 is 0. The van der Waals surface area contributed by atoms with E-state index < -0.39 is 35.5 Å². The van der Waals surface area contributed by atoms with Crippen LogP contribution in [0.3, 0.4) is 0 Å². The third-order valence-corrected chi connectivity index (χ3v) is 4.41. The molecule has 1 rings (SSSR count). The van der Waals surface area contributed by atoms with Gasteiger partial charge < -0.3 is 19.9 Å². The number of carboxylic acids is 1. The van der Waals surface area contributed by atoms with Gasteiger partial charge in [-0.1, -0.05) is 44.2 Å². The van der Waals surface area contributed by atoms with Crippen molar-refractivity contribution in [3.63, 3.8) is 0 Å². The second-order valence-electron chi connectivity index (χ2n) is 8.84. The van der Waals surface area contributed by atoms with Gasteiger partial charge in [0.1, 0.15) is 12.2 Å². The van der Waals surface area contributed by atoms with Crippen LogP contribution in [0.2, 0.25) is 0 Å². The number of carbonyl (C=O) groups excluding carboxylic acids is 2. The molecule has 0 aliphatic rings. The van der Waals surface area contributed by atoms with E-state index in [1.807, 2.05) is 44.2 Å². The molecule has 0 saturated carbocycles. The Morgan fingerprint density at radius 3 is 2.23 bits per heavy atom. The van der Waals surface area contributed by atoms with Crippen LogP contribution in [0.25, 0.3) is 0 Å². The maximum Gasteiger partial charge on any atom is 0.407 e. The molecule has 0 aliphatic carbocycles. The molecule has 7 nitrogen and oxygen atoms in total.